The Labute approximate surface area is 176 Å². The second kappa shape index (κ2) is 8.01. The number of anilines is 1. The highest BCUT2D eigenvalue weighted by atomic mass is 32.2. The molecule has 1 aromatic heterocycles. The molecule has 0 radical (unpaired) electrons. The number of aromatic nitrogens is 2. The van der Waals surface area contributed by atoms with E-state index in [9.17, 15) is 13.7 Å². The molecule has 8 heteroatoms. The van der Waals surface area contributed by atoms with Gasteiger partial charge in [-0.2, -0.15) is 5.26 Å². The second-order valence-corrected chi connectivity index (χ2v) is 9.77. The van der Waals surface area contributed by atoms with Gasteiger partial charge in [-0.25, -0.2) is 18.4 Å². The van der Waals surface area contributed by atoms with E-state index in [-0.39, 0.29) is 10.6 Å². The van der Waals surface area contributed by atoms with E-state index in [0.717, 1.165) is 31.7 Å². The summed E-state index contributed by atoms with van der Waals surface area (Å²) in [7, 11) is -1.83. The van der Waals surface area contributed by atoms with E-state index >= 15 is 0 Å². The highest BCUT2D eigenvalue weighted by Crippen LogP contribution is 2.34. The van der Waals surface area contributed by atoms with Crippen molar-refractivity contribution in [2.24, 2.45) is 0 Å². The molecule has 0 amide bonds. The third kappa shape index (κ3) is 3.74. The number of nitrogens with one attached hydrogen (secondary N) is 1. The Balaban J connectivity index is 1.87. The molecule has 0 saturated carbocycles. The zero-order valence-corrected chi connectivity index (χ0v) is 17.9. The van der Waals surface area contributed by atoms with Crippen LogP contribution in [-0.4, -0.2) is 51.6 Å². The van der Waals surface area contributed by atoms with Gasteiger partial charge in [-0.05, 0) is 31.2 Å². The van der Waals surface area contributed by atoms with Gasteiger partial charge >= 0.3 is 0 Å². The SMILES string of the molecule is Cc1ccc(S(=O)(=O)[C@H](C#N)c2nc3ccccc3nc2N2CC[NH+](C)CC2)cc1. The molecule has 1 fully saturated rings. The largest absolute Gasteiger partial charge is 0.344 e. The van der Waals surface area contributed by atoms with Crippen LogP contribution in [0, 0.1) is 18.3 Å². The Hall–Kier alpha value is -3.02. The molecule has 7 nitrogen and oxygen atoms in total. The smallest absolute Gasteiger partial charge is 0.200 e. The van der Waals surface area contributed by atoms with Gasteiger partial charge in [0.15, 0.2) is 11.1 Å². The molecule has 4 rings (SSSR count). The maximum absolute atomic E-state index is 13.4. The first-order valence-electron chi connectivity index (χ1n) is 9.93. The van der Waals surface area contributed by atoms with Crippen LogP contribution >= 0.6 is 0 Å². The van der Waals surface area contributed by atoms with Gasteiger partial charge < -0.3 is 9.80 Å². The van der Waals surface area contributed by atoms with Crippen molar-refractivity contribution < 1.29 is 13.3 Å². The number of likely N-dealkylation sites (N-methyl/N-ethyl adjacent to an activating group) is 1. The number of fused-ring (bicyclic) bond motifs is 1. The summed E-state index contributed by atoms with van der Waals surface area (Å²) in [6.07, 6.45) is 0. The summed E-state index contributed by atoms with van der Waals surface area (Å²) in [6.45, 7) is 5.18. The predicted octanol–water partition coefficient (Wildman–Crippen LogP) is 1.31. The van der Waals surface area contributed by atoms with Gasteiger partial charge in [-0.15, -0.1) is 0 Å². The molecule has 0 bridgehead atoms. The Morgan fingerprint density at radius 2 is 1.63 bits per heavy atom. The van der Waals surface area contributed by atoms with E-state index in [1.165, 1.54) is 4.90 Å². The summed E-state index contributed by atoms with van der Waals surface area (Å²) in [5.41, 5.74) is 2.42. The summed E-state index contributed by atoms with van der Waals surface area (Å²) in [5, 5.41) is 8.52. The summed E-state index contributed by atoms with van der Waals surface area (Å²) >= 11 is 0. The Morgan fingerprint density at radius 1 is 1.03 bits per heavy atom. The number of rotatable bonds is 4. The zero-order valence-electron chi connectivity index (χ0n) is 17.0. The first kappa shape index (κ1) is 20.3. The van der Waals surface area contributed by atoms with Crippen molar-refractivity contribution in [1.82, 2.24) is 9.97 Å². The Bertz CT molecular complexity index is 1210. The standard InChI is InChI=1S/C22H23N5O2S/c1-16-7-9-17(10-8-16)30(28,29)20(15-23)21-22(27-13-11-26(2)12-14-27)25-19-6-4-3-5-18(19)24-21/h3-10,20H,11-14H2,1-2H3/p+1/t20-/m1/s1. The maximum Gasteiger partial charge on any atom is 0.200 e. The normalized spacial score (nSPS) is 16.4. The van der Waals surface area contributed by atoms with Crippen LogP contribution in [0.4, 0.5) is 5.82 Å². The molecule has 0 unspecified atom stereocenters. The van der Waals surface area contributed by atoms with Gasteiger partial charge in [-0.1, -0.05) is 29.8 Å². The quantitative estimate of drug-likeness (QED) is 0.682. The fourth-order valence-electron chi connectivity index (χ4n) is 3.65. The van der Waals surface area contributed by atoms with Crippen LogP contribution in [0.25, 0.3) is 11.0 Å². The lowest BCUT2D eigenvalue weighted by Gasteiger charge is -2.32. The summed E-state index contributed by atoms with van der Waals surface area (Å²) in [4.78, 5) is 13.0. The van der Waals surface area contributed by atoms with Crippen molar-refractivity contribution in [2.45, 2.75) is 17.1 Å². The molecule has 1 atom stereocenters. The molecule has 2 aromatic carbocycles. The van der Waals surface area contributed by atoms with E-state index in [2.05, 4.69) is 16.9 Å². The lowest BCUT2D eigenvalue weighted by Crippen LogP contribution is -3.12. The van der Waals surface area contributed by atoms with Crippen molar-refractivity contribution in [3.05, 3.63) is 59.8 Å². The van der Waals surface area contributed by atoms with Crippen molar-refractivity contribution in [3.8, 4) is 6.07 Å². The minimum absolute atomic E-state index is 0.114. The number of nitrogens with zero attached hydrogens (tertiary/aromatic N) is 4. The van der Waals surface area contributed by atoms with Gasteiger partial charge in [0.05, 0.1) is 55.2 Å². The van der Waals surface area contributed by atoms with Crippen molar-refractivity contribution in [3.63, 3.8) is 0 Å². The van der Waals surface area contributed by atoms with Crippen molar-refractivity contribution in [1.29, 1.82) is 5.26 Å². The molecule has 0 aliphatic carbocycles. The molecule has 2 heterocycles. The highest BCUT2D eigenvalue weighted by Gasteiger charge is 2.35. The topological polar surface area (TPSA) is 91.4 Å². The predicted molar refractivity (Wildman–Crippen MR) is 115 cm³/mol. The number of nitriles is 1. The van der Waals surface area contributed by atoms with Crippen LogP contribution in [-0.2, 0) is 9.84 Å². The number of hydrogen-bond donors (Lipinski definition) is 1. The van der Waals surface area contributed by atoms with Gasteiger partial charge in [0, 0.05) is 0 Å². The van der Waals surface area contributed by atoms with E-state index < -0.39 is 15.1 Å². The average molecular weight is 423 g/mol. The summed E-state index contributed by atoms with van der Waals surface area (Å²) in [5.74, 6) is 0.489. The second-order valence-electron chi connectivity index (χ2n) is 7.73. The molecule has 3 aromatic rings. The van der Waals surface area contributed by atoms with Crippen LogP contribution in [0.5, 0.6) is 0 Å². The van der Waals surface area contributed by atoms with E-state index in [0.29, 0.717) is 16.9 Å². The number of para-hydroxylation sites is 2. The van der Waals surface area contributed by atoms with Crippen molar-refractivity contribution in [2.75, 3.05) is 38.1 Å². The van der Waals surface area contributed by atoms with Crippen LogP contribution in [0.1, 0.15) is 16.5 Å². The van der Waals surface area contributed by atoms with E-state index in [1.54, 1.807) is 30.3 Å². The number of sulfone groups is 1. The minimum Gasteiger partial charge on any atom is -0.344 e. The fraction of sp³-hybridized carbons (Fsp3) is 0.318. The van der Waals surface area contributed by atoms with Gasteiger partial charge in [0.2, 0.25) is 9.84 Å². The number of quaternary nitrogens is 1. The maximum atomic E-state index is 13.4. The number of aryl methyl sites for hydroxylation is 1. The minimum atomic E-state index is -3.96. The van der Waals surface area contributed by atoms with Crippen LogP contribution < -0.4 is 9.80 Å². The third-order valence-electron chi connectivity index (χ3n) is 5.52. The molecular formula is C22H24N5O2S+. The molecule has 154 valence electrons. The summed E-state index contributed by atoms with van der Waals surface area (Å²) < 4.78 is 26.8. The first-order chi connectivity index (χ1) is 14.4. The lowest BCUT2D eigenvalue weighted by molar-refractivity contribution is -0.880. The zero-order chi connectivity index (χ0) is 21.3. The molecule has 1 saturated heterocycles. The number of hydrogen-bond acceptors (Lipinski definition) is 6. The number of piperazine rings is 1. The molecule has 1 aliphatic rings. The summed E-state index contributed by atoms with van der Waals surface area (Å²) in [6, 6.07) is 15.9. The lowest BCUT2D eigenvalue weighted by atomic mass is 10.2. The van der Waals surface area contributed by atoms with Crippen LogP contribution in [0.3, 0.4) is 0 Å². The van der Waals surface area contributed by atoms with Crippen LogP contribution in [0.15, 0.2) is 53.4 Å². The fourth-order valence-corrected chi connectivity index (χ4v) is 5.03. The number of benzene rings is 2. The third-order valence-corrected chi connectivity index (χ3v) is 7.40. The Kier molecular flexibility index (Phi) is 5.41. The van der Waals surface area contributed by atoms with Gasteiger partial charge in [0.1, 0.15) is 5.69 Å². The first-order valence-corrected chi connectivity index (χ1v) is 11.5. The van der Waals surface area contributed by atoms with Gasteiger partial charge in [-0.3, -0.25) is 0 Å². The van der Waals surface area contributed by atoms with E-state index in [1.807, 2.05) is 31.2 Å². The van der Waals surface area contributed by atoms with Gasteiger partial charge in [0.25, 0.3) is 0 Å². The molecule has 1 N–H and O–H groups in total. The highest BCUT2D eigenvalue weighted by molar-refractivity contribution is 7.92. The van der Waals surface area contributed by atoms with Crippen molar-refractivity contribution >= 4 is 26.7 Å². The molecular weight excluding hydrogens is 398 g/mol. The monoisotopic (exact) mass is 422 g/mol. The molecule has 1 aliphatic heterocycles. The van der Waals surface area contributed by atoms with Crippen LogP contribution in [0.2, 0.25) is 0 Å². The average Bonchev–Trinajstić information content (AvgIpc) is 2.74. The molecule has 0 spiro atoms. The van der Waals surface area contributed by atoms with E-state index in [4.69, 9.17) is 4.98 Å². The molecule has 30 heavy (non-hydrogen) atoms. The Morgan fingerprint density at radius 3 is 2.23 bits per heavy atom.